The van der Waals surface area contributed by atoms with Crippen molar-refractivity contribution in [3.8, 4) is 17.0 Å². The maximum Gasteiger partial charge on any atom is 0.417 e. The molecule has 12 heteroatoms. The second-order valence-electron chi connectivity index (χ2n) is 12.4. The Morgan fingerprint density at radius 1 is 0.957 bits per heavy atom. The fraction of sp³-hybridized carbons (Fsp3) is 0.286. The van der Waals surface area contributed by atoms with Gasteiger partial charge in [-0.15, -0.1) is 22.0 Å². The predicted octanol–water partition coefficient (Wildman–Crippen LogP) is 8.32. The first-order valence-corrected chi connectivity index (χ1v) is 15.9. The Labute approximate surface area is 274 Å². The molecule has 0 aliphatic rings. The zero-order chi connectivity index (χ0) is 33.3. The number of H-pyrrole nitrogens is 1. The van der Waals surface area contributed by atoms with Crippen LogP contribution < -0.4 is 4.74 Å². The fourth-order valence-electron chi connectivity index (χ4n) is 5.50. The number of aromatic amines is 1. The van der Waals surface area contributed by atoms with Gasteiger partial charge in [0.15, 0.2) is 5.82 Å². The number of rotatable bonds is 9. The number of alkyl halides is 3. The van der Waals surface area contributed by atoms with Crippen LogP contribution in [0.5, 0.6) is 5.75 Å². The van der Waals surface area contributed by atoms with Crippen molar-refractivity contribution in [1.82, 2.24) is 35.2 Å². The smallest absolute Gasteiger partial charge is 0.417 e. The van der Waals surface area contributed by atoms with E-state index in [-0.39, 0.29) is 10.7 Å². The molecule has 0 saturated carbocycles. The normalized spacial score (nSPS) is 12.9. The zero-order valence-electron chi connectivity index (χ0n) is 26.6. The van der Waals surface area contributed by atoms with E-state index in [2.05, 4.69) is 68.1 Å². The lowest BCUT2D eigenvalue weighted by Crippen LogP contribution is -2.14. The number of fused-ring (bicyclic) bond motifs is 1. The standard InChI is InChI=1S/C35H34F3N7OS/c1-21-9-11-25(39-18-21)20-46-26-12-14-30-27(17-26)32(47-34(2,3)4)31(45(30)5)28(33-41-43-44-42-33)16-22-7-6-8-23(15-22)29-13-10-24(19-40-29)35(36,37)38/h6-15,17-19,28H,16,20H2,1-5H3,(H,41,42,43,44). The number of benzene rings is 2. The first-order valence-electron chi connectivity index (χ1n) is 15.1. The summed E-state index contributed by atoms with van der Waals surface area (Å²) < 4.78 is 47.7. The molecule has 2 aromatic carbocycles. The highest BCUT2D eigenvalue weighted by atomic mass is 32.2. The Morgan fingerprint density at radius 2 is 1.79 bits per heavy atom. The second kappa shape index (κ2) is 12.8. The molecule has 6 rings (SSSR count). The third-order valence-electron chi connectivity index (χ3n) is 7.69. The lowest BCUT2D eigenvalue weighted by atomic mass is 9.93. The molecule has 4 heterocycles. The average molecular weight is 658 g/mol. The van der Waals surface area contributed by atoms with Crippen LogP contribution in [-0.4, -0.2) is 39.9 Å². The van der Waals surface area contributed by atoms with Gasteiger partial charge in [-0.2, -0.15) is 18.4 Å². The molecule has 1 atom stereocenters. The second-order valence-corrected chi connectivity index (χ2v) is 14.3. The Bertz CT molecular complexity index is 1980. The molecule has 8 nitrogen and oxygen atoms in total. The van der Waals surface area contributed by atoms with Crippen LogP contribution in [0, 0.1) is 6.92 Å². The third kappa shape index (κ3) is 7.32. The van der Waals surface area contributed by atoms with E-state index in [4.69, 9.17) is 4.74 Å². The highest BCUT2D eigenvalue weighted by molar-refractivity contribution is 8.00. The van der Waals surface area contributed by atoms with Gasteiger partial charge in [0.25, 0.3) is 0 Å². The Balaban J connectivity index is 1.39. The van der Waals surface area contributed by atoms with Crippen molar-refractivity contribution >= 4 is 22.7 Å². The summed E-state index contributed by atoms with van der Waals surface area (Å²) >= 11 is 1.77. The van der Waals surface area contributed by atoms with Gasteiger partial charge in [0.1, 0.15) is 12.4 Å². The van der Waals surface area contributed by atoms with E-state index in [1.165, 1.54) is 6.07 Å². The van der Waals surface area contributed by atoms with Gasteiger partial charge in [0.2, 0.25) is 0 Å². The van der Waals surface area contributed by atoms with E-state index < -0.39 is 11.7 Å². The van der Waals surface area contributed by atoms with Crippen molar-refractivity contribution in [1.29, 1.82) is 0 Å². The van der Waals surface area contributed by atoms with Crippen molar-refractivity contribution < 1.29 is 17.9 Å². The number of thioether (sulfide) groups is 1. The summed E-state index contributed by atoms with van der Waals surface area (Å²) in [5.41, 5.74) is 5.34. The summed E-state index contributed by atoms with van der Waals surface area (Å²) in [6, 6.07) is 20.2. The van der Waals surface area contributed by atoms with E-state index in [0.29, 0.717) is 30.1 Å². The number of ether oxygens (including phenoxy) is 1. The van der Waals surface area contributed by atoms with Gasteiger partial charge < -0.3 is 9.30 Å². The number of aromatic nitrogens is 7. The number of tetrazole rings is 1. The monoisotopic (exact) mass is 657 g/mol. The lowest BCUT2D eigenvalue weighted by molar-refractivity contribution is -0.137. The Morgan fingerprint density at radius 3 is 2.45 bits per heavy atom. The molecule has 0 radical (unpaired) electrons. The minimum atomic E-state index is -4.45. The van der Waals surface area contributed by atoms with Gasteiger partial charge in [-0.3, -0.25) is 9.97 Å². The van der Waals surface area contributed by atoms with Crippen molar-refractivity contribution in [3.05, 3.63) is 113 Å². The van der Waals surface area contributed by atoms with Crippen LogP contribution >= 0.6 is 11.8 Å². The fourth-order valence-corrected chi connectivity index (χ4v) is 6.77. The van der Waals surface area contributed by atoms with Gasteiger partial charge in [0, 0.05) is 51.2 Å². The van der Waals surface area contributed by atoms with Crippen LogP contribution in [0.1, 0.15) is 60.6 Å². The topological polar surface area (TPSA) is 94.4 Å². The molecular formula is C35H34F3N7OS. The first kappa shape index (κ1) is 32.2. The summed E-state index contributed by atoms with van der Waals surface area (Å²) in [6.45, 7) is 8.87. The van der Waals surface area contributed by atoms with Crippen molar-refractivity contribution in [2.45, 2.75) is 62.5 Å². The van der Waals surface area contributed by atoms with Crippen LogP contribution in [0.3, 0.4) is 0 Å². The van der Waals surface area contributed by atoms with Crippen molar-refractivity contribution in [2.75, 3.05) is 0 Å². The van der Waals surface area contributed by atoms with E-state index >= 15 is 0 Å². The minimum Gasteiger partial charge on any atom is -0.487 e. The summed E-state index contributed by atoms with van der Waals surface area (Å²) in [4.78, 5) is 9.66. The van der Waals surface area contributed by atoms with Crippen LogP contribution in [0.15, 0.2) is 84.0 Å². The number of nitrogens with one attached hydrogen (secondary N) is 1. The van der Waals surface area contributed by atoms with E-state index in [1.54, 1.807) is 11.8 Å². The van der Waals surface area contributed by atoms with Crippen molar-refractivity contribution in [3.63, 3.8) is 0 Å². The highest BCUT2D eigenvalue weighted by Crippen LogP contribution is 2.46. The molecular weight excluding hydrogens is 623 g/mol. The molecule has 0 amide bonds. The number of aryl methyl sites for hydroxylation is 2. The number of hydrogen-bond donors (Lipinski definition) is 1. The molecule has 1 N–H and O–H groups in total. The van der Waals surface area contributed by atoms with Crippen LogP contribution in [-0.2, 0) is 26.3 Å². The Hall–Kier alpha value is -4.71. The number of nitrogens with zero attached hydrogens (tertiary/aromatic N) is 6. The molecule has 0 saturated heterocycles. The molecule has 1 unspecified atom stereocenters. The molecule has 0 aliphatic heterocycles. The van der Waals surface area contributed by atoms with Crippen LogP contribution in [0.2, 0.25) is 0 Å². The Kier molecular flexibility index (Phi) is 8.80. The maximum absolute atomic E-state index is 13.1. The average Bonchev–Trinajstić information content (AvgIpc) is 3.66. The van der Waals surface area contributed by atoms with Gasteiger partial charge in [-0.25, -0.2) is 0 Å². The quantitative estimate of drug-likeness (QED) is 0.156. The minimum absolute atomic E-state index is 0.123. The number of hydrogen-bond acceptors (Lipinski definition) is 7. The summed E-state index contributed by atoms with van der Waals surface area (Å²) in [5, 5.41) is 16.4. The lowest BCUT2D eigenvalue weighted by Gasteiger charge is -2.22. The van der Waals surface area contributed by atoms with Gasteiger partial charge in [-0.05, 0) is 66.9 Å². The highest BCUT2D eigenvalue weighted by Gasteiger charge is 2.32. The molecule has 6 aromatic rings. The SMILES string of the molecule is Cc1ccc(COc2ccc3c(c2)c(SC(C)(C)C)c(C(Cc2cccc(-c4ccc(C(F)(F)F)cn4)c2)c2nn[nH]n2)n3C)nc1. The summed E-state index contributed by atoms with van der Waals surface area (Å²) in [5.74, 6) is 0.972. The van der Waals surface area contributed by atoms with Crippen molar-refractivity contribution in [2.24, 2.45) is 7.05 Å². The molecule has 4 aromatic heterocycles. The van der Waals surface area contributed by atoms with E-state index in [9.17, 15) is 13.2 Å². The third-order valence-corrected chi connectivity index (χ3v) is 8.94. The molecule has 242 valence electrons. The van der Waals surface area contributed by atoms with Gasteiger partial charge >= 0.3 is 6.18 Å². The number of halogens is 3. The molecule has 0 fully saturated rings. The zero-order valence-corrected chi connectivity index (χ0v) is 27.4. The maximum atomic E-state index is 13.1. The van der Waals surface area contributed by atoms with Gasteiger partial charge in [0.05, 0.1) is 22.9 Å². The van der Waals surface area contributed by atoms with E-state index in [1.807, 2.05) is 62.6 Å². The molecule has 0 aliphatic carbocycles. The molecule has 0 spiro atoms. The van der Waals surface area contributed by atoms with Gasteiger partial charge in [-0.1, -0.05) is 50.3 Å². The number of pyridine rings is 2. The van der Waals surface area contributed by atoms with Crippen LogP contribution in [0.25, 0.3) is 22.2 Å². The van der Waals surface area contributed by atoms with E-state index in [0.717, 1.165) is 56.3 Å². The molecule has 0 bridgehead atoms. The first-order chi connectivity index (χ1) is 22.4. The summed E-state index contributed by atoms with van der Waals surface area (Å²) in [7, 11) is 2.04. The molecule has 47 heavy (non-hydrogen) atoms. The largest absolute Gasteiger partial charge is 0.487 e. The van der Waals surface area contributed by atoms with Crippen LogP contribution in [0.4, 0.5) is 13.2 Å². The predicted molar refractivity (Wildman–Crippen MR) is 176 cm³/mol. The summed E-state index contributed by atoms with van der Waals surface area (Å²) in [6.07, 6.45) is -1.24.